The largest absolute Gasteiger partial charge is 0.303 e. The number of nitrogens with zero attached hydrogens (tertiary/aromatic N) is 1. The molecule has 1 aromatic rings. The molecule has 1 unspecified atom stereocenters. The van der Waals surface area contributed by atoms with Crippen LogP contribution in [0, 0.1) is 5.92 Å². The van der Waals surface area contributed by atoms with Crippen molar-refractivity contribution < 1.29 is 0 Å². The Bertz CT molecular complexity index is 385. The van der Waals surface area contributed by atoms with E-state index in [0.717, 1.165) is 0 Å². The Morgan fingerprint density at radius 1 is 1.17 bits per heavy atom. The van der Waals surface area contributed by atoms with Gasteiger partial charge < -0.3 is 5.32 Å². The van der Waals surface area contributed by atoms with Crippen molar-refractivity contribution in [2.75, 3.05) is 0 Å². The topological polar surface area (TPSA) is 24.9 Å². The summed E-state index contributed by atoms with van der Waals surface area (Å²) in [7, 11) is 0. The van der Waals surface area contributed by atoms with Crippen LogP contribution in [-0.4, -0.2) is 11.0 Å². The molecule has 0 aromatic carbocycles. The lowest BCUT2D eigenvalue weighted by atomic mass is 9.88. The number of thiazole rings is 1. The molecule has 1 aliphatic carbocycles. The van der Waals surface area contributed by atoms with Crippen LogP contribution in [0.1, 0.15) is 63.0 Å². The quantitative estimate of drug-likeness (QED) is 0.894. The number of nitrogens with one attached hydrogen (secondary N) is 1. The van der Waals surface area contributed by atoms with E-state index in [4.69, 9.17) is 4.98 Å². The summed E-state index contributed by atoms with van der Waals surface area (Å²) in [5, 5.41) is 5.02. The number of aryl methyl sites for hydroxylation is 2. The molecule has 0 saturated heterocycles. The molecule has 0 radical (unpaired) electrons. The fourth-order valence-electron chi connectivity index (χ4n) is 2.65. The first-order valence-corrected chi connectivity index (χ1v) is 8.02. The van der Waals surface area contributed by atoms with E-state index in [9.17, 15) is 0 Å². The van der Waals surface area contributed by atoms with Gasteiger partial charge in [0.2, 0.25) is 0 Å². The zero-order valence-corrected chi connectivity index (χ0v) is 13.2. The van der Waals surface area contributed by atoms with Gasteiger partial charge >= 0.3 is 0 Å². The minimum atomic E-state index is 0.0101. The van der Waals surface area contributed by atoms with Crippen LogP contribution in [0.15, 0.2) is 0 Å². The smallest absolute Gasteiger partial charge is 0.113 e. The van der Waals surface area contributed by atoms with Gasteiger partial charge in [-0.15, -0.1) is 11.3 Å². The number of hydrogen-bond acceptors (Lipinski definition) is 3. The molecule has 0 saturated carbocycles. The Hall–Kier alpha value is -0.410. The van der Waals surface area contributed by atoms with Crippen LogP contribution in [-0.2, 0) is 18.4 Å². The van der Waals surface area contributed by atoms with Crippen LogP contribution in [0.4, 0.5) is 0 Å². The van der Waals surface area contributed by atoms with Crippen LogP contribution in [0.5, 0.6) is 0 Å². The molecule has 2 nitrogen and oxygen atoms in total. The van der Waals surface area contributed by atoms with Crippen LogP contribution in [0.2, 0.25) is 0 Å². The third-order valence-electron chi connectivity index (χ3n) is 4.03. The van der Waals surface area contributed by atoms with Crippen molar-refractivity contribution in [3.8, 4) is 0 Å². The van der Waals surface area contributed by atoms with Gasteiger partial charge in [-0.2, -0.15) is 0 Å². The summed E-state index contributed by atoms with van der Waals surface area (Å²) in [5.74, 6) is 0.549. The van der Waals surface area contributed by atoms with Crippen molar-refractivity contribution in [2.45, 2.75) is 71.9 Å². The Labute approximate surface area is 115 Å². The molecule has 0 aliphatic heterocycles. The van der Waals surface area contributed by atoms with Gasteiger partial charge in [0.1, 0.15) is 5.01 Å². The highest BCUT2D eigenvalue weighted by Gasteiger charge is 2.35. The van der Waals surface area contributed by atoms with Gasteiger partial charge in [0.05, 0.1) is 11.2 Å². The molecule has 1 aromatic heterocycles. The minimum absolute atomic E-state index is 0.0101. The van der Waals surface area contributed by atoms with Gasteiger partial charge in [-0.05, 0) is 52.4 Å². The van der Waals surface area contributed by atoms with Crippen LogP contribution in [0.3, 0.4) is 0 Å². The third kappa shape index (κ3) is 2.62. The predicted molar refractivity (Wildman–Crippen MR) is 79.2 cm³/mol. The number of aromatic nitrogens is 1. The standard InChI is InChI=1S/C15H26N2S/c1-10(2)15(5,17-11(3)4)14-16-12-8-6-7-9-13(12)18-14/h10-11,17H,6-9H2,1-5H3. The summed E-state index contributed by atoms with van der Waals surface area (Å²) in [6.07, 6.45) is 5.07. The van der Waals surface area contributed by atoms with E-state index in [1.165, 1.54) is 41.3 Å². The lowest BCUT2D eigenvalue weighted by Gasteiger charge is -2.35. The maximum Gasteiger partial charge on any atom is 0.113 e. The monoisotopic (exact) mass is 266 g/mol. The molecule has 3 heteroatoms. The van der Waals surface area contributed by atoms with Crippen LogP contribution in [0.25, 0.3) is 0 Å². The minimum Gasteiger partial charge on any atom is -0.303 e. The average Bonchev–Trinajstić information content (AvgIpc) is 2.71. The van der Waals surface area contributed by atoms with E-state index in [0.29, 0.717) is 12.0 Å². The van der Waals surface area contributed by atoms with E-state index in [2.05, 4.69) is 39.9 Å². The maximum atomic E-state index is 4.95. The SMILES string of the molecule is CC(C)NC(C)(c1nc2c(s1)CCCC2)C(C)C. The molecular weight excluding hydrogens is 240 g/mol. The van der Waals surface area contributed by atoms with Gasteiger partial charge in [-0.1, -0.05) is 13.8 Å². The summed E-state index contributed by atoms with van der Waals surface area (Å²) in [4.78, 5) is 6.49. The van der Waals surface area contributed by atoms with Crippen LogP contribution >= 0.6 is 11.3 Å². The second kappa shape index (κ2) is 5.30. The van der Waals surface area contributed by atoms with Crippen molar-refractivity contribution in [3.63, 3.8) is 0 Å². The van der Waals surface area contributed by atoms with E-state index < -0.39 is 0 Å². The van der Waals surface area contributed by atoms with E-state index >= 15 is 0 Å². The zero-order valence-electron chi connectivity index (χ0n) is 12.3. The van der Waals surface area contributed by atoms with Gasteiger partial charge in [0.25, 0.3) is 0 Å². The van der Waals surface area contributed by atoms with Gasteiger partial charge in [0, 0.05) is 10.9 Å². The Kier molecular flexibility index (Phi) is 4.12. The zero-order chi connectivity index (χ0) is 13.3. The summed E-state index contributed by atoms with van der Waals surface area (Å²) < 4.78 is 0. The maximum absolute atomic E-state index is 4.95. The normalized spacial score (nSPS) is 19.1. The fraction of sp³-hybridized carbons (Fsp3) is 0.800. The summed E-state index contributed by atoms with van der Waals surface area (Å²) in [5.41, 5.74) is 1.38. The van der Waals surface area contributed by atoms with E-state index in [1.54, 1.807) is 0 Å². The second-order valence-electron chi connectivity index (χ2n) is 6.25. The highest BCUT2D eigenvalue weighted by atomic mass is 32.1. The average molecular weight is 266 g/mol. The van der Waals surface area contributed by atoms with Crippen LogP contribution < -0.4 is 5.32 Å². The Morgan fingerprint density at radius 2 is 1.83 bits per heavy atom. The predicted octanol–water partition coefficient (Wildman–Crippen LogP) is 3.89. The molecule has 2 rings (SSSR count). The molecule has 18 heavy (non-hydrogen) atoms. The molecular formula is C15H26N2S. The first kappa shape index (κ1) is 14.0. The highest BCUT2D eigenvalue weighted by Crippen LogP contribution is 2.36. The number of fused-ring (bicyclic) bond motifs is 1. The molecule has 0 bridgehead atoms. The van der Waals surface area contributed by atoms with Gasteiger partial charge in [0.15, 0.2) is 0 Å². The second-order valence-corrected chi connectivity index (χ2v) is 7.34. The molecule has 1 aliphatic rings. The van der Waals surface area contributed by atoms with Crippen molar-refractivity contribution in [1.82, 2.24) is 10.3 Å². The van der Waals surface area contributed by atoms with Crippen molar-refractivity contribution in [2.24, 2.45) is 5.92 Å². The van der Waals surface area contributed by atoms with Crippen molar-refractivity contribution >= 4 is 11.3 Å². The molecule has 0 amide bonds. The number of hydrogen-bond donors (Lipinski definition) is 1. The van der Waals surface area contributed by atoms with Gasteiger partial charge in [-0.3, -0.25) is 0 Å². The fourth-order valence-corrected chi connectivity index (χ4v) is 4.06. The first-order chi connectivity index (χ1) is 8.43. The molecule has 0 fully saturated rings. The molecule has 0 spiro atoms. The van der Waals surface area contributed by atoms with E-state index in [-0.39, 0.29) is 5.54 Å². The Balaban J connectivity index is 2.33. The van der Waals surface area contributed by atoms with Crippen molar-refractivity contribution in [1.29, 1.82) is 0 Å². The molecule has 102 valence electrons. The molecule has 1 atom stereocenters. The molecule has 1 N–H and O–H groups in total. The van der Waals surface area contributed by atoms with Gasteiger partial charge in [-0.25, -0.2) is 4.98 Å². The summed E-state index contributed by atoms with van der Waals surface area (Å²) >= 11 is 1.94. The third-order valence-corrected chi connectivity index (χ3v) is 5.43. The number of rotatable bonds is 4. The lowest BCUT2D eigenvalue weighted by Crippen LogP contribution is -2.47. The highest BCUT2D eigenvalue weighted by molar-refractivity contribution is 7.11. The summed E-state index contributed by atoms with van der Waals surface area (Å²) in [6.45, 7) is 11.3. The first-order valence-electron chi connectivity index (χ1n) is 7.20. The summed E-state index contributed by atoms with van der Waals surface area (Å²) in [6, 6.07) is 0.485. The lowest BCUT2D eigenvalue weighted by molar-refractivity contribution is 0.244. The molecule has 1 heterocycles. The van der Waals surface area contributed by atoms with E-state index in [1.807, 2.05) is 11.3 Å². The Morgan fingerprint density at radius 3 is 2.39 bits per heavy atom. The van der Waals surface area contributed by atoms with Crippen molar-refractivity contribution in [3.05, 3.63) is 15.6 Å².